The molecule has 0 saturated heterocycles. The van der Waals surface area contributed by atoms with Crippen molar-refractivity contribution in [2.75, 3.05) is 45.6 Å². The zero-order valence-electron chi connectivity index (χ0n) is 24.7. The summed E-state index contributed by atoms with van der Waals surface area (Å²) in [6, 6.07) is 0. The number of allylic oxidation sites excluding steroid dienone is 7. The average Bonchev–Trinajstić information content (AvgIpc) is 3.08. The van der Waals surface area contributed by atoms with E-state index in [0.29, 0.717) is 0 Å². The van der Waals surface area contributed by atoms with Gasteiger partial charge in [0.1, 0.15) is 25.1 Å². The fourth-order valence-corrected chi connectivity index (χ4v) is 2.88. The van der Waals surface area contributed by atoms with Gasteiger partial charge in [-0.1, -0.05) is 13.2 Å². The predicted molar refractivity (Wildman–Crippen MR) is 138 cm³/mol. The number of alkyl halides is 8. The normalized spacial score (nSPS) is 17.0. The summed E-state index contributed by atoms with van der Waals surface area (Å²) in [7, 11) is 0. The number of hydrogen-bond donors (Lipinski definition) is 0. The molecular weight excluding hydrogens is 761 g/mol. The lowest BCUT2D eigenvalue weighted by Gasteiger charge is -2.33. The molecule has 50 heavy (non-hydrogen) atoms. The molecule has 0 aromatic heterocycles. The smallest absolute Gasteiger partial charge is 0.455 e. The number of ether oxygens (including phenoxy) is 4. The Kier molecular flexibility index (Phi) is 20.4. The maximum absolute atomic E-state index is 14.9. The number of rotatable bonds is 24. The zero-order chi connectivity index (χ0) is 38.9. The fourth-order valence-electron chi connectivity index (χ4n) is 2.73. The van der Waals surface area contributed by atoms with Gasteiger partial charge in [0.15, 0.2) is 23.3 Å². The molecule has 0 aromatic rings. The highest BCUT2D eigenvalue weighted by atomic mass is 35.5. The van der Waals surface area contributed by atoms with Crippen LogP contribution in [0.3, 0.4) is 0 Å². The summed E-state index contributed by atoms with van der Waals surface area (Å²) < 4.78 is 221. The Hall–Kier alpha value is -3.25. The highest BCUT2D eigenvalue weighted by molar-refractivity contribution is 6.18. The molecule has 3 unspecified atom stereocenters. The highest BCUT2D eigenvalue weighted by Gasteiger charge is 2.75. The predicted octanol–water partition coefficient (Wildman–Crippen LogP) is 8.59. The minimum absolute atomic E-state index is 0.244. The van der Waals surface area contributed by atoms with Gasteiger partial charge in [0.05, 0.1) is 32.3 Å². The lowest BCUT2D eigenvalue weighted by atomic mass is 10.1. The second-order valence-electron chi connectivity index (χ2n) is 8.68. The molecule has 0 aliphatic rings. The Labute approximate surface area is 276 Å². The second-order valence-corrected chi connectivity index (χ2v) is 8.99. The highest BCUT2D eigenvalue weighted by Crippen LogP contribution is 2.51. The minimum Gasteiger partial charge on any atom is -0.455 e. The topological polar surface area (TPSA) is 81.7 Å². The molecule has 0 radical (unpaired) electrons. The molecule has 24 heteroatoms. The van der Waals surface area contributed by atoms with Gasteiger partial charge >= 0.3 is 23.9 Å². The van der Waals surface area contributed by atoms with E-state index in [9.17, 15) is 70.7 Å². The summed E-state index contributed by atoms with van der Waals surface area (Å²) in [4.78, 5) is 20.2. The van der Waals surface area contributed by atoms with Crippen LogP contribution in [0.2, 0.25) is 0 Å². The van der Waals surface area contributed by atoms with E-state index in [-0.39, 0.29) is 12.5 Å². The van der Waals surface area contributed by atoms with E-state index in [1.54, 1.807) is 0 Å². The van der Waals surface area contributed by atoms with Gasteiger partial charge in [0, 0.05) is 12.7 Å². The zero-order valence-corrected chi connectivity index (χ0v) is 25.4. The largest absolute Gasteiger partial charge is 0.460 e. The summed E-state index contributed by atoms with van der Waals surface area (Å²) in [6.07, 6.45) is -8.82. The van der Waals surface area contributed by atoms with Gasteiger partial charge in [-0.25, -0.2) is 44.3 Å². The molecular formula is C26H24ClF15O8. The first-order valence-corrected chi connectivity index (χ1v) is 13.4. The third-order valence-electron chi connectivity index (χ3n) is 5.10. The van der Waals surface area contributed by atoms with Crippen LogP contribution < -0.4 is 0 Å². The van der Waals surface area contributed by atoms with Crippen molar-refractivity contribution in [3.8, 4) is 0 Å². The minimum atomic E-state index is -7.14. The number of halogens is 16. The van der Waals surface area contributed by atoms with Gasteiger partial charge < -0.3 is 23.8 Å². The Balaban J connectivity index is 5.93. The number of carbonyl (C=O) groups excluding carboxylic acids is 1. The molecule has 0 amide bonds. The summed E-state index contributed by atoms with van der Waals surface area (Å²) in [5.41, 5.74) is 0. The molecule has 0 saturated carbocycles. The van der Waals surface area contributed by atoms with Crippen molar-refractivity contribution >= 4 is 17.6 Å². The Morgan fingerprint density at radius 3 is 1.76 bits per heavy atom. The third kappa shape index (κ3) is 13.5. The van der Waals surface area contributed by atoms with Gasteiger partial charge in [0.25, 0.3) is 0 Å². The van der Waals surface area contributed by atoms with Gasteiger partial charge in [-0.15, -0.1) is 11.6 Å². The van der Waals surface area contributed by atoms with Crippen LogP contribution in [0.15, 0.2) is 72.1 Å². The molecule has 0 spiro atoms. The van der Waals surface area contributed by atoms with Crippen LogP contribution in [0.25, 0.3) is 0 Å². The summed E-state index contributed by atoms with van der Waals surface area (Å²) in [5, 5.41) is 4.23. The van der Waals surface area contributed by atoms with Crippen molar-refractivity contribution in [2.24, 2.45) is 0 Å². The maximum atomic E-state index is 14.9. The van der Waals surface area contributed by atoms with Gasteiger partial charge in [-0.2, -0.15) is 31.2 Å². The van der Waals surface area contributed by atoms with Crippen LogP contribution >= 0.6 is 11.6 Å². The standard InChI is InChI=1S/C26H24ClF15O8/c1-3-16(43)48-13(8-27)10-45-12-14(49-50-47-4-2)11-44-6-5-7-46-24(37,25(38,39)26(40,41)42)23(36)22(35)21(34)20(33)19(32)18(31)17(30)15(29)9-28/h3-4,13-14H,1-2,5-12H2/b17-15+,19-18+,21-20+,23-22+. The summed E-state index contributed by atoms with van der Waals surface area (Å²) in [6.45, 7) is -0.211. The van der Waals surface area contributed by atoms with Crippen molar-refractivity contribution in [1.82, 2.24) is 0 Å². The lowest BCUT2D eigenvalue weighted by molar-refractivity contribution is -0.508. The van der Waals surface area contributed by atoms with E-state index in [0.717, 1.165) is 12.3 Å². The molecule has 8 nitrogen and oxygen atoms in total. The van der Waals surface area contributed by atoms with Crippen molar-refractivity contribution in [2.45, 2.75) is 36.6 Å². The molecule has 0 heterocycles. The second kappa shape index (κ2) is 21.9. The Bertz CT molecular complexity index is 1270. The van der Waals surface area contributed by atoms with E-state index < -0.39 is 122 Å². The molecule has 0 aromatic carbocycles. The van der Waals surface area contributed by atoms with Crippen LogP contribution in [0.1, 0.15) is 6.42 Å². The first-order valence-electron chi connectivity index (χ1n) is 12.9. The monoisotopic (exact) mass is 784 g/mol. The van der Waals surface area contributed by atoms with Crippen LogP contribution in [-0.4, -0.2) is 81.7 Å². The van der Waals surface area contributed by atoms with Crippen molar-refractivity contribution in [1.29, 1.82) is 0 Å². The SMILES string of the molecule is C=COOOC(COCCCOC(F)(/C(F)=C(F)/C(F)=C(F)/C(F)=C(F)/C(F)=C(\F)CF)C(F)(F)C(F)(F)F)COCC(CCl)OC(=O)C=C. The molecule has 0 bridgehead atoms. The molecule has 0 aliphatic carbocycles. The average molecular weight is 785 g/mol. The van der Waals surface area contributed by atoms with Crippen molar-refractivity contribution < 1.29 is 104 Å². The van der Waals surface area contributed by atoms with Crippen LogP contribution in [0.5, 0.6) is 0 Å². The van der Waals surface area contributed by atoms with Crippen LogP contribution in [-0.2, 0) is 38.6 Å². The lowest BCUT2D eigenvalue weighted by Crippen LogP contribution is -2.56. The van der Waals surface area contributed by atoms with Gasteiger partial charge in [-0.05, 0) is 11.5 Å². The molecule has 0 rings (SSSR count). The van der Waals surface area contributed by atoms with Crippen LogP contribution in [0, 0.1) is 0 Å². The van der Waals surface area contributed by atoms with E-state index in [4.69, 9.17) is 30.7 Å². The summed E-state index contributed by atoms with van der Waals surface area (Å²) in [5.74, 6) is -43.4. The quantitative estimate of drug-likeness (QED) is 0.0111. The van der Waals surface area contributed by atoms with E-state index in [2.05, 4.69) is 27.8 Å². The molecule has 0 N–H and O–H groups in total. The fraction of sp³-hybridized carbons (Fsp3) is 0.500. The molecule has 0 fully saturated rings. The number of hydrogen-bond acceptors (Lipinski definition) is 8. The van der Waals surface area contributed by atoms with Gasteiger partial charge in [0.2, 0.25) is 23.3 Å². The number of carbonyl (C=O) groups is 1. The maximum Gasteiger partial charge on any atom is 0.460 e. The Morgan fingerprint density at radius 2 is 1.26 bits per heavy atom. The van der Waals surface area contributed by atoms with Crippen molar-refractivity contribution in [3.05, 3.63) is 72.1 Å². The third-order valence-corrected chi connectivity index (χ3v) is 5.45. The van der Waals surface area contributed by atoms with E-state index >= 15 is 0 Å². The molecule has 288 valence electrons. The van der Waals surface area contributed by atoms with Gasteiger partial charge in [-0.3, -0.25) is 0 Å². The summed E-state index contributed by atoms with van der Waals surface area (Å²) >= 11 is 5.62. The van der Waals surface area contributed by atoms with E-state index in [1.165, 1.54) is 0 Å². The first kappa shape index (κ1) is 46.8. The molecule has 3 atom stereocenters. The Morgan fingerprint density at radius 1 is 0.740 bits per heavy atom. The first-order chi connectivity index (χ1) is 23.2. The van der Waals surface area contributed by atoms with E-state index in [1.807, 2.05) is 0 Å². The number of esters is 1. The van der Waals surface area contributed by atoms with Crippen LogP contribution in [0.4, 0.5) is 65.9 Å². The molecule has 0 aliphatic heterocycles. The van der Waals surface area contributed by atoms with Crippen molar-refractivity contribution in [3.63, 3.8) is 0 Å².